The zero-order chi connectivity index (χ0) is 16.3. The molecule has 0 aliphatic heterocycles. The number of aromatic hydroxyl groups is 6. The Balaban J connectivity index is 1.90. The van der Waals surface area contributed by atoms with Crippen LogP contribution in [0, 0.1) is 0 Å². The van der Waals surface area contributed by atoms with Gasteiger partial charge in [0.2, 0.25) is 0 Å². The van der Waals surface area contributed by atoms with Crippen molar-refractivity contribution in [2.24, 2.45) is 0 Å². The molecule has 0 bridgehead atoms. The number of hydrogen-bond donors (Lipinski definition) is 6. The summed E-state index contributed by atoms with van der Waals surface area (Å²) in [7, 11) is 0. The van der Waals surface area contributed by atoms with Crippen LogP contribution in [0.15, 0.2) is 24.3 Å². The number of aryl methyl sites for hydroxylation is 2. The van der Waals surface area contributed by atoms with Gasteiger partial charge in [0.25, 0.3) is 0 Å². The maximum absolute atomic E-state index is 9.41. The molecular formula is C16H18O6. The van der Waals surface area contributed by atoms with Gasteiger partial charge in [-0.2, -0.15) is 0 Å². The van der Waals surface area contributed by atoms with E-state index in [4.69, 9.17) is 0 Å². The zero-order valence-corrected chi connectivity index (χ0v) is 11.8. The molecule has 0 atom stereocenters. The molecule has 0 aliphatic carbocycles. The molecule has 0 spiro atoms. The molecule has 2 rings (SSSR count). The van der Waals surface area contributed by atoms with Crippen molar-refractivity contribution in [2.45, 2.75) is 25.7 Å². The predicted molar refractivity (Wildman–Crippen MR) is 79.5 cm³/mol. The molecule has 0 radical (unpaired) electrons. The predicted octanol–water partition coefficient (Wildman–Crippen LogP) is 2.49. The van der Waals surface area contributed by atoms with Crippen LogP contribution in [0.4, 0.5) is 0 Å². The van der Waals surface area contributed by atoms with E-state index in [0.29, 0.717) is 24.0 Å². The van der Waals surface area contributed by atoms with Gasteiger partial charge in [-0.25, -0.2) is 0 Å². The number of phenolic OH excluding ortho intramolecular Hbond substituents is 6. The van der Waals surface area contributed by atoms with Crippen LogP contribution in [0.2, 0.25) is 0 Å². The molecule has 22 heavy (non-hydrogen) atoms. The standard InChI is InChI=1S/C16H18O6/c17-11-5-9(6-12(18)15(11)21)3-1-2-4-10-7-13(19)16(22)14(20)8-10/h5-8,17-22H,1-4H2. The average Bonchev–Trinajstić information content (AvgIpc) is 2.46. The van der Waals surface area contributed by atoms with Crippen molar-refractivity contribution < 1.29 is 30.6 Å². The third-order valence-electron chi connectivity index (χ3n) is 3.44. The number of unbranched alkanes of at least 4 members (excludes halogenated alkanes) is 1. The Morgan fingerprint density at radius 2 is 0.773 bits per heavy atom. The third kappa shape index (κ3) is 3.46. The summed E-state index contributed by atoms with van der Waals surface area (Å²) in [6.45, 7) is 0. The van der Waals surface area contributed by atoms with Crippen molar-refractivity contribution in [1.29, 1.82) is 0 Å². The molecule has 0 aromatic heterocycles. The summed E-state index contributed by atoms with van der Waals surface area (Å²) in [5.74, 6) is -2.49. The normalized spacial score (nSPS) is 10.7. The summed E-state index contributed by atoms with van der Waals surface area (Å²) < 4.78 is 0. The molecule has 0 saturated heterocycles. The summed E-state index contributed by atoms with van der Waals surface area (Å²) in [6.07, 6.45) is 2.67. The number of benzene rings is 2. The first-order valence-electron chi connectivity index (χ1n) is 6.86. The summed E-state index contributed by atoms with van der Waals surface area (Å²) >= 11 is 0. The minimum Gasteiger partial charge on any atom is -0.504 e. The van der Waals surface area contributed by atoms with Crippen LogP contribution >= 0.6 is 0 Å². The number of rotatable bonds is 5. The van der Waals surface area contributed by atoms with Gasteiger partial charge in [-0.05, 0) is 61.1 Å². The lowest BCUT2D eigenvalue weighted by Gasteiger charge is -2.07. The Morgan fingerprint density at radius 3 is 1.05 bits per heavy atom. The molecular weight excluding hydrogens is 288 g/mol. The number of hydrogen-bond acceptors (Lipinski definition) is 6. The quantitative estimate of drug-likeness (QED) is 0.373. The maximum atomic E-state index is 9.41. The molecule has 0 saturated carbocycles. The Kier molecular flexibility index (Phi) is 4.50. The molecule has 0 amide bonds. The highest BCUT2D eigenvalue weighted by molar-refractivity contribution is 5.51. The highest BCUT2D eigenvalue weighted by Crippen LogP contribution is 2.37. The van der Waals surface area contributed by atoms with Crippen LogP contribution in [0.25, 0.3) is 0 Å². The van der Waals surface area contributed by atoms with Gasteiger partial charge in [0.05, 0.1) is 0 Å². The first-order chi connectivity index (χ1) is 10.4. The molecule has 2 aromatic rings. The minimum absolute atomic E-state index is 0.358. The summed E-state index contributed by atoms with van der Waals surface area (Å²) in [4.78, 5) is 0. The van der Waals surface area contributed by atoms with Crippen LogP contribution in [0.5, 0.6) is 34.5 Å². The Hall–Kier alpha value is -2.76. The van der Waals surface area contributed by atoms with Crippen molar-refractivity contribution >= 4 is 0 Å². The molecule has 6 nitrogen and oxygen atoms in total. The largest absolute Gasteiger partial charge is 0.504 e. The minimum atomic E-state index is -0.529. The molecule has 0 aliphatic rings. The number of phenols is 6. The van der Waals surface area contributed by atoms with Crippen molar-refractivity contribution in [2.75, 3.05) is 0 Å². The van der Waals surface area contributed by atoms with E-state index >= 15 is 0 Å². The molecule has 118 valence electrons. The molecule has 0 fully saturated rings. The van der Waals surface area contributed by atoms with Crippen LogP contribution in [0.3, 0.4) is 0 Å². The second kappa shape index (κ2) is 6.34. The van der Waals surface area contributed by atoms with Crippen LogP contribution < -0.4 is 0 Å². The lowest BCUT2D eigenvalue weighted by molar-refractivity contribution is 0.366. The Labute approximate surface area is 127 Å². The van der Waals surface area contributed by atoms with E-state index in [1.54, 1.807) is 0 Å². The first kappa shape index (κ1) is 15.6. The van der Waals surface area contributed by atoms with E-state index in [1.165, 1.54) is 24.3 Å². The smallest absolute Gasteiger partial charge is 0.200 e. The van der Waals surface area contributed by atoms with Crippen molar-refractivity contribution in [1.82, 2.24) is 0 Å². The van der Waals surface area contributed by atoms with E-state index in [2.05, 4.69) is 0 Å². The maximum Gasteiger partial charge on any atom is 0.200 e. The summed E-state index contributed by atoms with van der Waals surface area (Å²) in [5.41, 5.74) is 1.40. The lowest BCUT2D eigenvalue weighted by atomic mass is 10.0. The van der Waals surface area contributed by atoms with Gasteiger partial charge in [-0.1, -0.05) is 0 Å². The highest BCUT2D eigenvalue weighted by Gasteiger charge is 2.09. The Morgan fingerprint density at radius 1 is 0.500 bits per heavy atom. The second-order valence-corrected chi connectivity index (χ2v) is 5.17. The zero-order valence-electron chi connectivity index (χ0n) is 11.8. The SMILES string of the molecule is Oc1cc(CCCCc2cc(O)c(O)c(O)c2)cc(O)c1O. The van der Waals surface area contributed by atoms with Crippen molar-refractivity contribution in [3.05, 3.63) is 35.4 Å². The first-order valence-corrected chi connectivity index (χ1v) is 6.86. The van der Waals surface area contributed by atoms with E-state index in [0.717, 1.165) is 12.8 Å². The second-order valence-electron chi connectivity index (χ2n) is 5.17. The molecule has 0 unspecified atom stereocenters. The average molecular weight is 306 g/mol. The van der Waals surface area contributed by atoms with E-state index in [-0.39, 0.29) is 23.0 Å². The Bertz CT molecular complexity index is 575. The van der Waals surface area contributed by atoms with Gasteiger partial charge in [-0.3, -0.25) is 0 Å². The van der Waals surface area contributed by atoms with Crippen LogP contribution in [-0.2, 0) is 12.8 Å². The molecule has 0 heterocycles. The highest BCUT2D eigenvalue weighted by atomic mass is 16.3. The van der Waals surface area contributed by atoms with Crippen LogP contribution in [0.1, 0.15) is 24.0 Å². The fraction of sp³-hybridized carbons (Fsp3) is 0.250. The molecule has 6 heteroatoms. The van der Waals surface area contributed by atoms with Crippen molar-refractivity contribution in [3.63, 3.8) is 0 Å². The third-order valence-corrected chi connectivity index (χ3v) is 3.44. The summed E-state index contributed by atoms with van der Waals surface area (Å²) in [5, 5.41) is 56.2. The monoisotopic (exact) mass is 306 g/mol. The van der Waals surface area contributed by atoms with Gasteiger partial charge >= 0.3 is 0 Å². The van der Waals surface area contributed by atoms with E-state index in [9.17, 15) is 30.6 Å². The van der Waals surface area contributed by atoms with E-state index < -0.39 is 11.5 Å². The van der Waals surface area contributed by atoms with Gasteiger partial charge in [-0.15, -0.1) is 0 Å². The summed E-state index contributed by atoms with van der Waals surface area (Å²) in [6, 6.07) is 5.58. The van der Waals surface area contributed by atoms with Gasteiger partial charge in [0, 0.05) is 0 Å². The topological polar surface area (TPSA) is 121 Å². The van der Waals surface area contributed by atoms with Gasteiger partial charge < -0.3 is 30.6 Å². The van der Waals surface area contributed by atoms with Gasteiger partial charge in [0.15, 0.2) is 34.5 Å². The fourth-order valence-electron chi connectivity index (χ4n) is 2.27. The van der Waals surface area contributed by atoms with Gasteiger partial charge in [0.1, 0.15) is 0 Å². The lowest BCUT2D eigenvalue weighted by Crippen LogP contribution is -1.90. The molecule has 2 aromatic carbocycles. The molecule has 6 N–H and O–H groups in total. The fourth-order valence-corrected chi connectivity index (χ4v) is 2.27. The van der Waals surface area contributed by atoms with E-state index in [1.807, 2.05) is 0 Å². The van der Waals surface area contributed by atoms with Crippen LogP contribution in [-0.4, -0.2) is 30.6 Å². The van der Waals surface area contributed by atoms with Crippen molar-refractivity contribution in [3.8, 4) is 34.5 Å².